The zero-order chi connectivity index (χ0) is 14.5. The molecule has 0 aliphatic heterocycles. The number of nitrogens with two attached hydrogens (primary N) is 2. The minimum absolute atomic E-state index is 0.219. The van der Waals surface area contributed by atoms with Crippen LogP contribution in [0.25, 0.3) is 0 Å². The maximum Gasteiger partial charge on any atom is 0.240 e. The van der Waals surface area contributed by atoms with Crippen LogP contribution >= 0.6 is 0 Å². The van der Waals surface area contributed by atoms with E-state index in [2.05, 4.69) is 4.72 Å². The number of hydrogen-bond donors (Lipinski definition) is 3. The molecule has 106 valence electrons. The number of primary amides is 1. The van der Waals surface area contributed by atoms with Gasteiger partial charge in [0.15, 0.2) is 0 Å². The molecule has 0 bridgehead atoms. The molecular formula is C12H19N3O3S. The number of carbonyl (C=O) groups excluding carboxylic acids is 1. The van der Waals surface area contributed by atoms with Crippen LogP contribution in [0.1, 0.15) is 24.8 Å². The van der Waals surface area contributed by atoms with E-state index in [0.717, 1.165) is 0 Å². The van der Waals surface area contributed by atoms with Gasteiger partial charge in [0.2, 0.25) is 15.9 Å². The zero-order valence-electron chi connectivity index (χ0n) is 10.8. The van der Waals surface area contributed by atoms with Crippen LogP contribution in [0.3, 0.4) is 0 Å². The second-order valence-electron chi connectivity index (χ2n) is 4.35. The number of sulfonamides is 1. The minimum atomic E-state index is -3.53. The number of anilines is 1. The Balaban J connectivity index is 2.59. The molecule has 0 saturated heterocycles. The van der Waals surface area contributed by atoms with Crippen molar-refractivity contribution < 1.29 is 13.2 Å². The van der Waals surface area contributed by atoms with Crippen LogP contribution < -0.4 is 16.2 Å². The Hall–Kier alpha value is -1.60. The molecule has 0 aliphatic carbocycles. The van der Waals surface area contributed by atoms with Gasteiger partial charge in [0.1, 0.15) is 0 Å². The van der Waals surface area contributed by atoms with Crippen molar-refractivity contribution in [3.8, 4) is 0 Å². The number of amides is 1. The summed E-state index contributed by atoms with van der Waals surface area (Å²) >= 11 is 0. The van der Waals surface area contributed by atoms with Gasteiger partial charge in [-0.2, -0.15) is 0 Å². The number of benzene rings is 1. The number of hydrogen-bond acceptors (Lipinski definition) is 4. The van der Waals surface area contributed by atoms with E-state index in [0.29, 0.717) is 24.1 Å². The first kappa shape index (κ1) is 15.5. The number of aryl methyl sites for hydroxylation is 1. The van der Waals surface area contributed by atoms with E-state index in [1.54, 1.807) is 19.1 Å². The smallest absolute Gasteiger partial charge is 0.240 e. The second kappa shape index (κ2) is 6.53. The molecule has 1 amide bonds. The summed E-state index contributed by atoms with van der Waals surface area (Å²) in [6.07, 6.45) is 1.40. The number of nitrogens with one attached hydrogen (secondary N) is 1. The molecule has 1 rings (SSSR count). The number of unbranched alkanes of at least 4 members (excludes halogenated alkanes) is 1. The third-order valence-corrected chi connectivity index (χ3v) is 4.25. The van der Waals surface area contributed by atoms with Crippen LogP contribution in [0.5, 0.6) is 0 Å². The normalized spacial score (nSPS) is 11.4. The molecule has 0 unspecified atom stereocenters. The van der Waals surface area contributed by atoms with Crippen LogP contribution in [-0.4, -0.2) is 20.9 Å². The molecule has 0 saturated carbocycles. The SMILES string of the molecule is Cc1cc(N)ccc1S(=O)(=O)NCCCCC(N)=O. The standard InChI is InChI=1S/C12H19N3O3S/c1-9-8-10(13)5-6-11(9)19(17,18)15-7-3-2-4-12(14)16/h5-6,8,15H,2-4,7,13H2,1H3,(H2,14,16). The zero-order valence-corrected chi connectivity index (χ0v) is 11.7. The first-order valence-electron chi connectivity index (χ1n) is 5.97. The van der Waals surface area contributed by atoms with E-state index in [1.165, 1.54) is 6.07 Å². The fraction of sp³-hybridized carbons (Fsp3) is 0.417. The maximum absolute atomic E-state index is 12.0. The van der Waals surface area contributed by atoms with E-state index < -0.39 is 10.0 Å². The Labute approximate surface area is 113 Å². The van der Waals surface area contributed by atoms with E-state index >= 15 is 0 Å². The van der Waals surface area contributed by atoms with Crippen molar-refractivity contribution in [3.05, 3.63) is 23.8 Å². The van der Waals surface area contributed by atoms with Gasteiger partial charge < -0.3 is 11.5 Å². The van der Waals surface area contributed by atoms with Crippen LogP contribution in [0.15, 0.2) is 23.1 Å². The second-order valence-corrected chi connectivity index (χ2v) is 6.08. The summed E-state index contributed by atoms with van der Waals surface area (Å²) in [4.78, 5) is 10.7. The lowest BCUT2D eigenvalue weighted by Crippen LogP contribution is -2.25. The predicted molar refractivity (Wildman–Crippen MR) is 73.8 cm³/mol. The lowest BCUT2D eigenvalue weighted by molar-refractivity contribution is -0.118. The van der Waals surface area contributed by atoms with Crippen LogP contribution in [0.4, 0.5) is 5.69 Å². The number of nitrogen functional groups attached to an aromatic ring is 1. The van der Waals surface area contributed by atoms with Crippen molar-refractivity contribution in [2.75, 3.05) is 12.3 Å². The third kappa shape index (κ3) is 4.88. The lowest BCUT2D eigenvalue weighted by Gasteiger charge is -2.09. The van der Waals surface area contributed by atoms with Crippen LogP contribution in [-0.2, 0) is 14.8 Å². The van der Waals surface area contributed by atoms with Crippen LogP contribution in [0.2, 0.25) is 0 Å². The van der Waals surface area contributed by atoms with Gasteiger partial charge in [0, 0.05) is 18.7 Å². The molecule has 0 fully saturated rings. The van der Waals surface area contributed by atoms with Crippen molar-refractivity contribution in [2.24, 2.45) is 5.73 Å². The van der Waals surface area contributed by atoms with E-state index in [9.17, 15) is 13.2 Å². The molecule has 0 radical (unpaired) electrons. The van der Waals surface area contributed by atoms with Crippen molar-refractivity contribution in [3.63, 3.8) is 0 Å². The molecule has 5 N–H and O–H groups in total. The molecule has 0 spiro atoms. The van der Waals surface area contributed by atoms with Crippen molar-refractivity contribution in [1.82, 2.24) is 4.72 Å². The van der Waals surface area contributed by atoms with Crippen molar-refractivity contribution in [1.29, 1.82) is 0 Å². The summed E-state index contributed by atoms with van der Waals surface area (Å²) < 4.78 is 26.5. The Kier molecular flexibility index (Phi) is 5.31. The molecule has 19 heavy (non-hydrogen) atoms. The molecule has 0 heterocycles. The van der Waals surface area contributed by atoms with Gasteiger partial charge in [-0.1, -0.05) is 0 Å². The Morgan fingerprint density at radius 3 is 2.58 bits per heavy atom. The van der Waals surface area contributed by atoms with Gasteiger partial charge in [-0.25, -0.2) is 13.1 Å². The Bertz CT molecular complexity index is 555. The van der Waals surface area contributed by atoms with Gasteiger partial charge in [-0.3, -0.25) is 4.79 Å². The molecular weight excluding hydrogens is 266 g/mol. The summed E-state index contributed by atoms with van der Waals surface area (Å²) in [6, 6.07) is 4.65. The number of carbonyl (C=O) groups is 1. The maximum atomic E-state index is 12.0. The minimum Gasteiger partial charge on any atom is -0.399 e. The van der Waals surface area contributed by atoms with Gasteiger partial charge in [0.25, 0.3) is 0 Å². The fourth-order valence-corrected chi connectivity index (χ4v) is 2.98. The van der Waals surface area contributed by atoms with Gasteiger partial charge in [-0.05, 0) is 43.5 Å². The van der Waals surface area contributed by atoms with Gasteiger partial charge in [0.05, 0.1) is 4.90 Å². The van der Waals surface area contributed by atoms with E-state index in [-0.39, 0.29) is 23.8 Å². The number of rotatable bonds is 7. The summed E-state index contributed by atoms with van der Waals surface area (Å²) in [5, 5.41) is 0. The summed E-state index contributed by atoms with van der Waals surface area (Å²) in [7, 11) is -3.53. The highest BCUT2D eigenvalue weighted by molar-refractivity contribution is 7.89. The average molecular weight is 285 g/mol. The van der Waals surface area contributed by atoms with Gasteiger partial charge >= 0.3 is 0 Å². The molecule has 1 aromatic carbocycles. The highest BCUT2D eigenvalue weighted by Crippen LogP contribution is 2.17. The lowest BCUT2D eigenvalue weighted by atomic mass is 10.2. The van der Waals surface area contributed by atoms with Crippen LogP contribution in [0, 0.1) is 6.92 Å². The summed E-state index contributed by atoms with van der Waals surface area (Å²) in [5.74, 6) is -0.378. The third-order valence-electron chi connectivity index (χ3n) is 2.63. The Morgan fingerprint density at radius 2 is 2.00 bits per heavy atom. The molecule has 6 nitrogen and oxygen atoms in total. The summed E-state index contributed by atoms with van der Waals surface area (Å²) in [6.45, 7) is 1.97. The molecule has 0 aromatic heterocycles. The largest absolute Gasteiger partial charge is 0.399 e. The molecule has 0 aliphatic rings. The fourth-order valence-electron chi connectivity index (χ4n) is 1.68. The summed E-state index contributed by atoms with van der Waals surface area (Å²) in [5.41, 5.74) is 11.7. The first-order chi connectivity index (χ1) is 8.83. The van der Waals surface area contributed by atoms with Crippen molar-refractivity contribution >= 4 is 21.6 Å². The average Bonchev–Trinajstić information content (AvgIpc) is 2.27. The van der Waals surface area contributed by atoms with Gasteiger partial charge in [-0.15, -0.1) is 0 Å². The van der Waals surface area contributed by atoms with E-state index in [4.69, 9.17) is 11.5 Å². The predicted octanol–water partition coefficient (Wildman–Crippen LogP) is 0.511. The Morgan fingerprint density at radius 1 is 1.32 bits per heavy atom. The molecule has 0 atom stereocenters. The highest BCUT2D eigenvalue weighted by atomic mass is 32.2. The molecule has 1 aromatic rings. The highest BCUT2D eigenvalue weighted by Gasteiger charge is 2.15. The van der Waals surface area contributed by atoms with Crippen molar-refractivity contribution in [2.45, 2.75) is 31.1 Å². The quantitative estimate of drug-likeness (QED) is 0.500. The molecule has 7 heteroatoms. The topological polar surface area (TPSA) is 115 Å². The monoisotopic (exact) mass is 285 g/mol. The van der Waals surface area contributed by atoms with E-state index in [1.807, 2.05) is 0 Å². The first-order valence-corrected chi connectivity index (χ1v) is 7.45.